The van der Waals surface area contributed by atoms with Crippen LogP contribution in [0.1, 0.15) is 24.2 Å². The summed E-state index contributed by atoms with van der Waals surface area (Å²) in [4.78, 5) is 13.4. The van der Waals surface area contributed by atoms with Crippen molar-refractivity contribution < 1.29 is 9.53 Å². The average Bonchev–Trinajstić information content (AvgIpc) is 2.38. The van der Waals surface area contributed by atoms with Crippen LogP contribution in [0.3, 0.4) is 0 Å². The molecule has 0 fully saturated rings. The number of anilines is 2. The molecule has 1 rings (SSSR count). The van der Waals surface area contributed by atoms with Crippen molar-refractivity contribution >= 4 is 17.3 Å². The lowest BCUT2D eigenvalue weighted by atomic mass is 10.1. The van der Waals surface area contributed by atoms with E-state index < -0.39 is 0 Å². The summed E-state index contributed by atoms with van der Waals surface area (Å²) in [6.07, 6.45) is 0. The first-order chi connectivity index (χ1) is 8.95. The predicted octanol–water partition coefficient (Wildman–Crippen LogP) is 1.81. The minimum Gasteiger partial charge on any atom is -0.397 e. The van der Waals surface area contributed by atoms with Crippen molar-refractivity contribution in [3.63, 3.8) is 0 Å². The van der Waals surface area contributed by atoms with Gasteiger partial charge >= 0.3 is 0 Å². The Bertz CT molecular complexity index is 433. The first kappa shape index (κ1) is 15.3. The molecule has 0 aliphatic rings. The number of hydrogen-bond acceptors (Lipinski definition) is 4. The molecule has 1 aromatic rings. The first-order valence-electron chi connectivity index (χ1n) is 6.41. The summed E-state index contributed by atoms with van der Waals surface area (Å²) in [5, 5.41) is 3.26. The van der Waals surface area contributed by atoms with Crippen LogP contribution in [0.15, 0.2) is 18.2 Å². The van der Waals surface area contributed by atoms with Crippen LogP contribution < -0.4 is 11.1 Å². The van der Waals surface area contributed by atoms with Crippen molar-refractivity contribution in [3.05, 3.63) is 23.8 Å². The lowest BCUT2D eigenvalue weighted by Gasteiger charge is -2.18. The van der Waals surface area contributed by atoms with Gasteiger partial charge in [-0.2, -0.15) is 0 Å². The van der Waals surface area contributed by atoms with Gasteiger partial charge in [0.1, 0.15) is 0 Å². The van der Waals surface area contributed by atoms with E-state index in [1.54, 1.807) is 37.2 Å². The zero-order valence-electron chi connectivity index (χ0n) is 12.1. The van der Waals surface area contributed by atoms with E-state index in [1.165, 1.54) is 0 Å². The topological polar surface area (TPSA) is 67.6 Å². The van der Waals surface area contributed by atoms with Crippen LogP contribution in [-0.2, 0) is 4.74 Å². The number of benzene rings is 1. The summed E-state index contributed by atoms with van der Waals surface area (Å²) in [5.41, 5.74) is 7.92. The fourth-order valence-electron chi connectivity index (χ4n) is 1.67. The van der Waals surface area contributed by atoms with E-state index in [0.717, 1.165) is 5.69 Å². The number of carbonyl (C=O) groups excluding carboxylic acids is 1. The van der Waals surface area contributed by atoms with E-state index in [2.05, 4.69) is 5.32 Å². The maximum atomic E-state index is 11.9. The fourth-order valence-corrected chi connectivity index (χ4v) is 1.67. The normalized spacial score (nSPS) is 12.0. The number of nitrogen functional groups attached to an aromatic ring is 1. The molecule has 1 atom stereocenters. The van der Waals surface area contributed by atoms with Crippen molar-refractivity contribution in [2.75, 3.05) is 38.4 Å². The Morgan fingerprint density at radius 1 is 1.47 bits per heavy atom. The zero-order chi connectivity index (χ0) is 14.4. The highest BCUT2D eigenvalue weighted by Gasteiger charge is 2.11. The predicted molar refractivity (Wildman–Crippen MR) is 78.4 cm³/mol. The Morgan fingerprint density at radius 2 is 2.16 bits per heavy atom. The number of rotatable bonds is 6. The highest BCUT2D eigenvalue weighted by Crippen LogP contribution is 2.21. The molecule has 1 unspecified atom stereocenters. The van der Waals surface area contributed by atoms with Crippen molar-refractivity contribution in [2.45, 2.75) is 19.9 Å². The Balaban J connectivity index is 2.82. The third-order valence-corrected chi connectivity index (χ3v) is 2.68. The summed E-state index contributed by atoms with van der Waals surface area (Å²) in [6.45, 7) is 5.25. The summed E-state index contributed by atoms with van der Waals surface area (Å²) < 4.78 is 5.34. The Labute approximate surface area is 114 Å². The molecule has 5 heteroatoms. The third kappa shape index (κ3) is 4.44. The molecule has 0 aliphatic carbocycles. The second-order valence-corrected chi connectivity index (χ2v) is 4.71. The van der Waals surface area contributed by atoms with Gasteiger partial charge in [0.15, 0.2) is 0 Å². The molecular formula is C14H23N3O2. The van der Waals surface area contributed by atoms with Crippen molar-refractivity contribution in [1.29, 1.82) is 0 Å². The van der Waals surface area contributed by atoms with Crippen LogP contribution in [-0.4, -0.2) is 44.2 Å². The van der Waals surface area contributed by atoms with Crippen LogP contribution in [0.4, 0.5) is 11.4 Å². The third-order valence-electron chi connectivity index (χ3n) is 2.68. The van der Waals surface area contributed by atoms with Crippen molar-refractivity contribution in [1.82, 2.24) is 4.90 Å². The molecule has 0 saturated heterocycles. The molecular weight excluding hydrogens is 242 g/mol. The monoisotopic (exact) mass is 265 g/mol. The number of amides is 1. The van der Waals surface area contributed by atoms with E-state index in [9.17, 15) is 4.79 Å². The standard InChI is InChI=1S/C14H23N3O2/c1-5-19-9-10(2)16-13-8-11(6-7-12(13)15)14(18)17(3)4/h6-8,10,16H,5,9,15H2,1-4H3. The van der Waals surface area contributed by atoms with Gasteiger partial charge in [-0.3, -0.25) is 4.79 Å². The second kappa shape index (κ2) is 6.99. The van der Waals surface area contributed by atoms with Gasteiger partial charge in [0.25, 0.3) is 5.91 Å². The number of nitrogens with zero attached hydrogens (tertiary/aromatic N) is 1. The first-order valence-corrected chi connectivity index (χ1v) is 6.41. The molecule has 5 nitrogen and oxygen atoms in total. The minimum absolute atomic E-state index is 0.0412. The maximum Gasteiger partial charge on any atom is 0.253 e. The summed E-state index contributed by atoms with van der Waals surface area (Å²) >= 11 is 0. The number of nitrogens with one attached hydrogen (secondary N) is 1. The fraction of sp³-hybridized carbons (Fsp3) is 0.500. The van der Waals surface area contributed by atoms with E-state index in [-0.39, 0.29) is 11.9 Å². The molecule has 0 saturated carbocycles. The van der Waals surface area contributed by atoms with Crippen LogP contribution in [0, 0.1) is 0 Å². The molecule has 106 valence electrons. The molecule has 1 amide bonds. The largest absolute Gasteiger partial charge is 0.397 e. The molecule has 0 aliphatic heterocycles. The summed E-state index contributed by atoms with van der Waals surface area (Å²) in [6, 6.07) is 5.38. The lowest BCUT2D eigenvalue weighted by Crippen LogP contribution is -2.24. The number of nitrogens with two attached hydrogens (primary N) is 1. The SMILES string of the molecule is CCOCC(C)Nc1cc(C(=O)N(C)C)ccc1N. The second-order valence-electron chi connectivity index (χ2n) is 4.71. The zero-order valence-corrected chi connectivity index (χ0v) is 12.1. The smallest absolute Gasteiger partial charge is 0.253 e. The Hall–Kier alpha value is -1.75. The lowest BCUT2D eigenvalue weighted by molar-refractivity contribution is 0.0827. The highest BCUT2D eigenvalue weighted by atomic mass is 16.5. The van der Waals surface area contributed by atoms with Gasteiger partial charge in [-0.25, -0.2) is 0 Å². The summed E-state index contributed by atoms with van der Waals surface area (Å²) in [7, 11) is 3.45. The van der Waals surface area contributed by atoms with E-state index >= 15 is 0 Å². The van der Waals surface area contributed by atoms with Crippen LogP contribution in [0.25, 0.3) is 0 Å². The quantitative estimate of drug-likeness (QED) is 0.770. The number of ether oxygens (including phenoxy) is 1. The van der Waals surface area contributed by atoms with Gasteiger partial charge in [-0.15, -0.1) is 0 Å². The van der Waals surface area contributed by atoms with Crippen LogP contribution in [0.5, 0.6) is 0 Å². The van der Waals surface area contributed by atoms with Gasteiger partial charge < -0.3 is 20.7 Å². The van der Waals surface area contributed by atoms with Gasteiger partial charge in [0.05, 0.1) is 18.0 Å². The van der Waals surface area contributed by atoms with E-state index in [4.69, 9.17) is 10.5 Å². The van der Waals surface area contributed by atoms with Crippen molar-refractivity contribution in [2.24, 2.45) is 0 Å². The minimum atomic E-state index is -0.0412. The molecule has 0 bridgehead atoms. The molecule has 3 N–H and O–H groups in total. The molecule has 0 heterocycles. The highest BCUT2D eigenvalue weighted by molar-refractivity contribution is 5.95. The van der Waals surface area contributed by atoms with Crippen LogP contribution >= 0.6 is 0 Å². The van der Waals surface area contributed by atoms with Gasteiger partial charge in [0, 0.05) is 32.3 Å². The molecule has 0 spiro atoms. The van der Waals surface area contributed by atoms with Crippen LogP contribution in [0.2, 0.25) is 0 Å². The maximum absolute atomic E-state index is 11.9. The molecule has 1 aromatic carbocycles. The average molecular weight is 265 g/mol. The number of carbonyl (C=O) groups is 1. The van der Waals surface area contributed by atoms with Crippen molar-refractivity contribution in [3.8, 4) is 0 Å². The Morgan fingerprint density at radius 3 is 2.74 bits per heavy atom. The van der Waals surface area contributed by atoms with Gasteiger partial charge in [-0.1, -0.05) is 0 Å². The summed E-state index contributed by atoms with van der Waals surface area (Å²) in [5.74, 6) is -0.0412. The van der Waals surface area contributed by atoms with Gasteiger partial charge in [-0.05, 0) is 32.0 Å². The molecule has 0 radical (unpaired) electrons. The van der Waals surface area contributed by atoms with E-state index in [0.29, 0.717) is 24.5 Å². The molecule has 19 heavy (non-hydrogen) atoms. The number of hydrogen-bond donors (Lipinski definition) is 2. The van der Waals surface area contributed by atoms with E-state index in [1.807, 2.05) is 13.8 Å². The van der Waals surface area contributed by atoms with Gasteiger partial charge in [0.2, 0.25) is 0 Å². The molecule has 0 aromatic heterocycles. The Kier molecular flexibility index (Phi) is 5.63.